The SMILES string of the molecule is COc1ccc(S(=O)(=O)NC[C@@H](c2ccc(N(C)C)cc2)c2c[nH]c3ccccc23)cc1OC. The van der Waals surface area contributed by atoms with Crippen molar-refractivity contribution in [2.75, 3.05) is 39.8 Å². The molecule has 8 heteroatoms. The van der Waals surface area contributed by atoms with Crippen molar-refractivity contribution in [2.24, 2.45) is 0 Å². The molecule has 0 bridgehead atoms. The van der Waals surface area contributed by atoms with Crippen LogP contribution < -0.4 is 19.1 Å². The molecule has 3 aromatic carbocycles. The Morgan fingerprint density at radius 3 is 2.32 bits per heavy atom. The fourth-order valence-corrected chi connectivity index (χ4v) is 5.12. The minimum atomic E-state index is -3.79. The van der Waals surface area contributed by atoms with E-state index in [0.29, 0.717) is 11.5 Å². The lowest BCUT2D eigenvalue weighted by molar-refractivity contribution is 0.354. The van der Waals surface area contributed by atoms with Crippen LogP contribution in [0.4, 0.5) is 5.69 Å². The standard InChI is InChI=1S/C26H29N3O4S/c1-29(2)19-11-9-18(10-12-19)22(23-16-27-24-8-6-5-7-21(23)24)17-28-34(30,31)20-13-14-25(32-3)26(15-20)33-4/h5-16,22,27-28H,17H2,1-4H3/t22-/m0/s1. The van der Waals surface area contributed by atoms with Gasteiger partial charge in [0.15, 0.2) is 11.5 Å². The van der Waals surface area contributed by atoms with E-state index in [1.54, 1.807) is 6.07 Å². The van der Waals surface area contributed by atoms with Gasteiger partial charge in [0.1, 0.15) is 0 Å². The fourth-order valence-electron chi connectivity index (χ4n) is 4.05. The van der Waals surface area contributed by atoms with Crippen LogP contribution in [0.3, 0.4) is 0 Å². The van der Waals surface area contributed by atoms with Crippen molar-refractivity contribution in [1.82, 2.24) is 9.71 Å². The fraction of sp³-hybridized carbons (Fsp3) is 0.231. The molecule has 0 unspecified atom stereocenters. The highest BCUT2D eigenvalue weighted by atomic mass is 32.2. The van der Waals surface area contributed by atoms with Crippen molar-refractivity contribution in [3.8, 4) is 11.5 Å². The number of anilines is 1. The van der Waals surface area contributed by atoms with Gasteiger partial charge in [-0.25, -0.2) is 13.1 Å². The first kappa shape index (κ1) is 23.7. The number of rotatable bonds is 9. The Hall–Kier alpha value is -3.49. The Balaban J connectivity index is 1.69. The first-order chi connectivity index (χ1) is 16.3. The van der Waals surface area contributed by atoms with Gasteiger partial charge in [0, 0.05) is 55.4 Å². The van der Waals surface area contributed by atoms with Crippen molar-refractivity contribution in [3.05, 3.63) is 84.1 Å². The Labute approximate surface area is 200 Å². The molecule has 0 spiro atoms. The second kappa shape index (κ2) is 9.79. The lowest BCUT2D eigenvalue weighted by Gasteiger charge is -2.20. The highest BCUT2D eigenvalue weighted by Crippen LogP contribution is 2.33. The molecule has 0 aliphatic heterocycles. The molecule has 0 aliphatic rings. The number of hydrogen-bond acceptors (Lipinski definition) is 5. The summed E-state index contributed by atoms with van der Waals surface area (Å²) >= 11 is 0. The summed E-state index contributed by atoms with van der Waals surface area (Å²) in [4.78, 5) is 5.46. The quantitative estimate of drug-likeness (QED) is 0.373. The van der Waals surface area contributed by atoms with E-state index in [1.165, 1.54) is 26.4 Å². The largest absolute Gasteiger partial charge is 0.493 e. The summed E-state index contributed by atoms with van der Waals surface area (Å²) in [6, 6.07) is 20.8. The number of nitrogens with one attached hydrogen (secondary N) is 2. The van der Waals surface area contributed by atoms with Gasteiger partial charge in [-0.3, -0.25) is 0 Å². The minimum absolute atomic E-state index is 0.116. The first-order valence-corrected chi connectivity index (χ1v) is 12.4. The third kappa shape index (κ3) is 4.73. The molecule has 2 N–H and O–H groups in total. The first-order valence-electron chi connectivity index (χ1n) is 10.9. The van der Waals surface area contributed by atoms with Gasteiger partial charge >= 0.3 is 0 Å². The lowest BCUT2D eigenvalue weighted by atomic mass is 9.91. The molecule has 4 rings (SSSR count). The molecule has 1 aromatic heterocycles. The zero-order valence-corrected chi connectivity index (χ0v) is 20.5. The van der Waals surface area contributed by atoms with E-state index in [9.17, 15) is 8.42 Å². The zero-order valence-electron chi connectivity index (χ0n) is 19.7. The maximum atomic E-state index is 13.2. The number of hydrogen-bond donors (Lipinski definition) is 2. The van der Waals surface area contributed by atoms with Crippen molar-refractivity contribution in [3.63, 3.8) is 0 Å². The Bertz CT molecular complexity index is 1380. The molecule has 0 amide bonds. The summed E-state index contributed by atoms with van der Waals surface area (Å²) in [6.45, 7) is 0.194. The molecule has 1 heterocycles. The molecular weight excluding hydrogens is 450 g/mol. The van der Waals surface area contributed by atoms with Gasteiger partial charge in [0.2, 0.25) is 10.0 Å². The van der Waals surface area contributed by atoms with Crippen LogP contribution in [-0.4, -0.2) is 48.3 Å². The summed E-state index contributed by atoms with van der Waals surface area (Å²) in [6.07, 6.45) is 1.96. The molecule has 178 valence electrons. The van der Waals surface area contributed by atoms with Crippen molar-refractivity contribution >= 4 is 26.6 Å². The van der Waals surface area contributed by atoms with E-state index in [4.69, 9.17) is 9.47 Å². The van der Waals surface area contributed by atoms with Crippen LogP contribution in [0.5, 0.6) is 11.5 Å². The highest BCUT2D eigenvalue weighted by molar-refractivity contribution is 7.89. The van der Waals surface area contributed by atoms with Crippen molar-refractivity contribution in [1.29, 1.82) is 0 Å². The summed E-state index contributed by atoms with van der Waals surface area (Å²) < 4.78 is 39.7. The van der Waals surface area contributed by atoms with E-state index >= 15 is 0 Å². The van der Waals surface area contributed by atoms with E-state index in [-0.39, 0.29) is 17.4 Å². The molecule has 0 fully saturated rings. The third-order valence-electron chi connectivity index (χ3n) is 5.95. The maximum Gasteiger partial charge on any atom is 0.240 e. The monoisotopic (exact) mass is 479 g/mol. The predicted octanol–water partition coefficient (Wildman–Crippen LogP) is 4.36. The Kier molecular flexibility index (Phi) is 6.81. The van der Waals surface area contributed by atoms with Crippen LogP contribution in [0, 0.1) is 0 Å². The van der Waals surface area contributed by atoms with E-state index in [0.717, 1.165) is 27.7 Å². The number of aromatic nitrogens is 1. The van der Waals surface area contributed by atoms with Gasteiger partial charge in [0.25, 0.3) is 0 Å². The summed E-state index contributed by atoms with van der Waals surface area (Å²) in [5.74, 6) is 0.638. The number of fused-ring (bicyclic) bond motifs is 1. The molecule has 34 heavy (non-hydrogen) atoms. The summed E-state index contributed by atoms with van der Waals surface area (Å²) in [5.41, 5.74) is 4.14. The zero-order chi connectivity index (χ0) is 24.3. The van der Waals surface area contributed by atoms with Crippen LogP contribution in [0.25, 0.3) is 10.9 Å². The number of H-pyrrole nitrogens is 1. The van der Waals surface area contributed by atoms with E-state index in [2.05, 4.69) is 9.71 Å². The normalized spacial score (nSPS) is 12.5. The van der Waals surface area contributed by atoms with Crippen molar-refractivity contribution in [2.45, 2.75) is 10.8 Å². The molecule has 0 saturated heterocycles. The number of benzene rings is 3. The van der Waals surface area contributed by atoms with Crippen LogP contribution in [0.1, 0.15) is 17.0 Å². The Morgan fingerprint density at radius 1 is 0.941 bits per heavy atom. The number of ether oxygens (including phenoxy) is 2. The molecular formula is C26H29N3O4S. The minimum Gasteiger partial charge on any atom is -0.493 e. The summed E-state index contributed by atoms with van der Waals surface area (Å²) in [5, 5.41) is 1.06. The molecule has 1 atom stereocenters. The van der Waals surface area contributed by atoms with E-state index in [1.807, 2.05) is 73.7 Å². The number of nitrogens with zero attached hydrogens (tertiary/aromatic N) is 1. The van der Waals surface area contributed by atoms with E-state index < -0.39 is 10.0 Å². The van der Waals surface area contributed by atoms with Crippen LogP contribution >= 0.6 is 0 Å². The number of aromatic amines is 1. The van der Waals surface area contributed by atoms with Crippen LogP contribution in [0.2, 0.25) is 0 Å². The maximum absolute atomic E-state index is 13.2. The highest BCUT2D eigenvalue weighted by Gasteiger charge is 2.23. The lowest BCUT2D eigenvalue weighted by Crippen LogP contribution is -2.29. The smallest absolute Gasteiger partial charge is 0.240 e. The molecule has 0 aliphatic carbocycles. The van der Waals surface area contributed by atoms with Gasteiger partial charge in [-0.2, -0.15) is 0 Å². The van der Waals surface area contributed by atoms with Crippen molar-refractivity contribution < 1.29 is 17.9 Å². The Morgan fingerprint density at radius 2 is 1.65 bits per heavy atom. The number of methoxy groups -OCH3 is 2. The average Bonchev–Trinajstić information content (AvgIpc) is 3.28. The summed E-state index contributed by atoms with van der Waals surface area (Å²) in [7, 11) is 3.18. The third-order valence-corrected chi connectivity index (χ3v) is 7.37. The molecule has 0 saturated carbocycles. The topological polar surface area (TPSA) is 83.7 Å². The van der Waals surface area contributed by atoms with Crippen LogP contribution in [-0.2, 0) is 10.0 Å². The molecule has 7 nitrogen and oxygen atoms in total. The van der Waals surface area contributed by atoms with Gasteiger partial charge in [-0.15, -0.1) is 0 Å². The molecule has 0 radical (unpaired) electrons. The van der Waals surface area contributed by atoms with Gasteiger partial charge < -0.3 is 19.4 Å². The van der Waals surface area contributed by atoms with Gasteiger partial charge in [-0.1, -0.05) is 30.3 Å². The second-order valence-corrected chi connectivity index (χ2v) is 9.96. The second-order valence-electron chi connectivity index (χ2n) is 8.20. The molecule has 4 aromatic rings. The average molecular weight is 480 g/mol. The predicted molar refractivity (Wildman–Crippen MR) is 136 cm³/mol. The van der Waals surface area contributed by atoms with Crippen LogP contribution in [0.15, 0.2) is 77.8 Å². The van der Waals surface area contributed by atoms with Gasteiger partial charge in [0.05, 0.1) is 19.1 Å². The number of sulfonamides is 1. The number of para-hydroxylation sites is 1. The van der Waals surface area contributed by atoms with Gasteiger partial charge in [-0.05, 0) is 41.5 Å².